The summed E-state index contributed by atoms with van der Waals surface area (Å²) >= 11 is 0. The highest BCUT2D eigenvalue weighted by Gasteiger charge is 2.10. The highest BCUT2D eigenvalue weighted by atomic mass is 16.3. The number of H-pyrrole nitrogens is 1. The van der Waals surface area contributed by atoms with Crippen molar-refractivity contribution < 1.29 is 5.11 Å². The van der Waals surface area contributed by atoms with Crippen LogP contribution in [-0.4, -0.2) is 20.1 Å². The van der Waals surface area contributed by atoms with Gasteiger partial charge in [0, 0.05) is 17.5 Å². The molecule has 0 saturated heterocycles. The molecule has 118 valence electrons. The SMILES string of the molecule is OCc1ccc(-c2cc3c(Cc4ccccc4)ncnc3[nH]2)cc1. The van der Waals surface area contributed by atoms with Gasteiger partial charge in [0.25, 0.3) is 0 Å². The van der Waals surface area contributed by atoms with Crippen LogP contribution in [0.25, 0.3) is 22.3 Å². The largest absolute Gasteiger partial charge is 0.392 e. The summed E-state index contributed by atoms with van der Waals surface area (Å²) in [6, 6.07) is 20.3. The number of hydrogen-bond acceptors (Lipinski definition) is 3. The first-order valence-electron chi connectivity index (χ1n) is 7.90. The predicted octanol–water partition coefficient (Wildman–Crippen LogP) is 3.71. The minimum atomic E-state index is 0.0552. The molecule has 0 amide bonds. The highest BCUT2D eigenvalue weighted by Crippen LogP contribution is 2.26. The van der Waals surface area contributed by atoms with Gasteiger partial charge in [0.2, 0.25) is 0 Å². The van der Waals surface area contributed by atoms with Crippen LogP contribution < -0.4 is 0 Å². The molecule has 2 aromatic carbocycles. The lowest BCUT2D eigenvalue weighted by molar-refractivity contribution is 0.282. The molecule has 0 aliphatic carbocycles. The fourth-order valence-corrected chi connectivity index (χ4v) is 2.87. The van der Waals surface area contributed by atoms with Crippen LogP contribution in [0, 0.1) is 0 Å². The Morgan fingerprint density at radius 3 is 2.42 bits per heavy atom. The third-order valence-electron chi connectivity index (χ3n) is 4.17. The topological polar surface area (TPSA) is 61.8 Å². The first-order valence-corrected chi connectivity index (χ1v) is 7.90. The molecular formula is C20H17N3O. The fraction of sp³-hybridized carbons (Fsp3) is 0.100. The minimum Gasteiger partial charge on any atom is -0.392 e. The zero-order valence-electron chi connectivity index (χ0n) is 13.1. The third kappa shape index (κ3) is 2.79. The molecule has 4 nitrogen and oxygen atoms in total. The number of hydrogen-bond donors (Lipinski definition) is 2. The molecular weight excluding hydrogens is 298 g/mol. The summed E-state index contributed by atoms with van der Waals surface area (Å²) in [5, 5.41) is 10.2. The number of aliphatic hydroxyl groups excluding tert-OH is 1. The van der Waals surface area contributed by atoms with Gasteiger partial charge in [-0.15, -0.1) is 0 Å². The van der Waals surface area contributed by atoms with Crippen molar-refractivity contribution in [2.45, 2.75) is 13.0 Å². The van der Waals surface area contributed by atoms with Crippen molar-refractivity contribution in [2.24, 2.45) is 0 Å². The Bertz CT molecular complexity index is 959. The second-order valence-electron chi connectivity index (χ2n) is 5.78. The Hall–Kier alpha value is -2.98. The third-order valence-corrected chi connectivity index (χ3v) is 4.17. The number of nitrogens with one attached hydrogen (secondary N) is 1. The van der Waals surface area contributed by atoms with Crippen molar-refractivity contribution in [2.75, 3.05) is 0 Å². The summed E-state index contributed by atoms with van der Waals surface area (Å²) in [6.07, 6.45) is 2.39. The van der Waals surface area contributed by atoms with Crippen LogP contribution in [0.1, 0.15) is 16.8 Å². The Kier molecular flexibility index (Phi) is 3.81. The molecule has 4 rings (SSSR count). The highest BCUT2D eigenvalue weighted by molar-refractivity contribution is 5.85. The molecule has 4 aromatic rings. The summed E-state index contributed by atoms with van der Waals surface area (Å²) in [5.41, 5.74) is 6.06. The maximum atomic E-state index is 9.16. The number of aromatic amines is 1. The van der Waals surface area contributed by atoms with Crippen molar-refractivity contribution in [3.05, 3.63) is 83.8 Å². The number of rotatable bonds is 4. The van der Waals surface area contributed by atoms with E-state index in [-0.39, 0.29) is 6.61 Å². The van der Waals surface area contributed by atoms with Gasteiger partial charge in [-0.3, -0.25) is 0 Å². The summed E-state index contributed by atoms with van der Waals surface area (Å²) in [5.74, 6) is 0. The van der Waals surface area contributed by atoms with Crippen LogP contribution in [-0.2, 0) is 13.0 Å². The first-order chi connectivity index (χ1) is 11.8. The summed E-state index contributed by atoms with van der Waals surface area (Å²) in [4.78, 5) is 12.2. The predicted molar refractivity (Wildman–Crippen MR) is 94.5 cm³/mol. The van der Waals surface area contributed by atoms with Gasteiger partial charge in [-0.25, -0.2) is 9.97 Å². The lowest BCUT2D eigenvalue weighted by atomic mass is 10.1. The van der Waals surface area contributed by atoms with Gasteiger partial charge < -0.3 is 10.1 Å². The Morgan fingerprint density at radius 1 is 0.875 bits per heavy atom. The quantitative estimate of drug-likeness (QED) is 0.603. The van der Waals surface area contributed by atoms with Crippen molar-refractivity contribution in [3.63, 3.8) is 0 Å². The van der Waals surface area contributed by atoms with Gasteiger partial charge >= 0.3 is 0 Å². The molecule has 0 aliphatic heterocycles. The maximum absolute atomic E-state index is 9.16. The van der Waals surface area contributed by atoms with Crippen LogP contribution in [0.4, 0.5) is 0 Å². The smallest absolute Gasteiger partial charge is 0.141 e. The van der Waals surface area contributed by atoms with Crippen LogP contribution in [0.5, 0.6) is 0 Å². The van der Waals surface area contributed by atoms with Gasteiger partial charge in [-0.05, 0) is 22.8 Å². The Labute approximate surface area is 139 Å². The van der Waals surface area contributed by atoms with Crippen molar-refractivity contribution in [1.29, 1.82) is 0 Å². The van der Waals surface area contributed by atoms with Crippen molar-refractivity contribution in [3.8, 4) is 11.3 Å². The molecule has 2 heterocycles. The van der Waals surface area contributed by atoms with E-state index < -0.39 is 0 Å². The minimum absolute atomic E-state index is 0.0552. The van der Waals surface area contributed by atoms with Crippen molar-refractivity contribution >= 4 is 11.0 Å². The zero-order chi connectivity index (χ0) is 16.4. The van der Waals surface area contributed by atoms with Crippen LogP contribution in [0.2, 0.25) is 0 Å². The number of benzene rings is 2. The van der Waals surface area contributed by atoms with Gasteiger partial charge in [-0.2, -0.15) is 0 Å². The van der Waals surface area contributed by atoms with Crippen LogP contribution in [0.15, 0.2) is 67.0 Å². The van der Waals surface area contributed by atoms with E-state index in [1.807, 2.05) is 42.5 Å². The molecule has 0 radical (unpaired) electrons. The fourth-order valence-electron chi connectivity index (χ4n) is 2.87. The normalized spacial score (nSPS) is 11.0. The first kappa shape index (κ1) is 14.6. The molecule has 0 aliphatic rings. The van der Waals surface area contributed by atoms with Crippen LogP contribution >= 0.6 is 0 Å². The molecule has 0 unspecified atom stereocenters. The van der Waals surface area contributed by atoms with E-state index >= 15 is 0 Å². The van der Waals surface area contributed by atoms with E-state index in [4.69, 9.17) is 5.11 Å². The lowest BCUT2D eigenvalue weighted by Crippen LogP contribution is -1.93. The van der Waals surface area contributed by atoms with E-state index in [2.05, 4.69) is 33.2 Å². The Balaban J connectivity index is 1.73. The van der Waals surface area contributed by atoms with Gasteiger partial charge in [0.1, 0.15) is 12.0 Å². The molecule has 0 bridgehead atoms. The molecule has 0 saturated carbocycles. The number of aromatic nitrogens is 3. The molecule has 0 fully saturated rings. The molecule has 2 N–H and O–H groups in total. The Morgan fingerprint density at radius 2 is 1.67 bits per heavy atom. The molecule has 2 aromatic heterocycles. The van der Waals surface area contributed by atoms with E-state index in [0.29, 0.717) is 0 Å². The average molecular weight is 315 g/mol. The van der Waals surface area contributed by atoms with Crippen molar-refractivity contribution in [1.82, 2.24) is 15.0 Å². The molecule has 0 atom stereocenters. The maximum Gasteiger partial charge on any atom is 0.141 e. The summed E-state index contributed by atoms with van der Waals surface area (Å²) in [7, 11) is 0. The van der Waals surface area contributed by atoms with Crippen LogP contribution in [0.3, 0.4) is 0 Å². The summed E-state index contributed by atoms with van der Waals surface area (Å²) in [6.45, 7) is 0.0552. The van der Waals surface area contributed by atoms with E-state index in [0.717, 1.165) is 40.0 Å². The van der Waals surface area contributed by atoms with E-state index in [9.17, 15) is 0 Å². The standard InChI is InChI=1S/C20H17N3O/c24-12-15-6-8-16(9-7-15)18-11-17-19(21-13-22-20(17)23-18)10-14-4-2-1-3-5-14/h1-9,11,13,24H,10,12H2,(H,21,22,23). The number of aliphatic hydroxyl groups is 1. The average Bonchev–Trinajstić information content (AvgIpc) is 3.08. The second kappa shape index (κ2) is 6.26. The lowest BCUT2D eigenvalue weighted by Gasteiger charge is -2.01. The van der Waals surface area contributed by atoms with E-state index in [1.54, 1.807) is 6.33 Å². The van der Waals surface area contributed by atoms with Gasteiger partial charge in [0.05, 0.1) is 12.3 Å². The van der Waals surface area contributed by atoms with Gasteiger partial charge in [-0.1, -0.05) is 54.6 Å². The molecule has 4 heteroatoms. The number of nitrogens with zero attached hydrogens (tertiary/aromatic N) is 2. The number of fused-ring (bicyclic) bond motifs is 1. The summed E-state index contributed by atoms with van der Waals surface area (Å²) < 4.78 is 0. The van der Waals surface area contributed by atoms with E-state index in [1.165, 1.54) is 5.56 Å². The zero-order valence-corrected chi connectivity index (χ0v) is 13.1. The molecule has 0 spiro atoms. The van der Waals surface area contributed by atoms with Gasteiger partial charge in [0.15, 0.2) is 0 Å². The monoisotopic (exact) mass is 315 g/mol. The molecule has 24 heavy (non-hydrogen) atoms. The second-order valence-corrected chi connectivity index (χ2v) is 5.78.